The molecule has 0 bridgehead atoms. The second-order valence-corrected chi connectivity index (χ2v) is 7.24. The Morgan fingerprint density at radius 1 is 1.20 bits per heavy atom. The fraction of sp³-hybridized carbons (Fsp3) is 0.105. The Morgan fingerprint density at radius 3 is 2.40 bits per heavy atom. The maximum absolute atomic E-state index is 12.9. The predicted octanol–water partition coefficient (Wildman–Crippen LogP) is 5.08. The van der Waals surface area contributed by atoms with Crippen LogP contribution >= 0.6 is 35.4 Å². The summed E-state index contributed by atoms with van der Waals surface area (Å²) >= 11 is 16.9. The van der Waals surface area contributed by atoms with Crippen LogP contribution in [0.4, 0.5) is 13.2 Å². The second-order valence-electron chi connectivity index (χ2n) is 6.04. The molecule has 0 unspecified atom stereocenters. The van der Waals surface area contributed by atoms with Crippen molar-refractivity contribution in [2.75, 3.05) is 6.54 Å². The number of thiocarbonyl (C=S) groups is 1. The summed E-state index contributed by atoms with van der Waals surface area (Å²) in [6.45, 7) is 3.62. The number of alkyl halides is 3. The molecule has 0 aliphatic carbocycles. The molecule has 11 heteroatoms. The molecular weight excluding hydrogens is 464 g/mol. The molecular formula is C19H11Cl2F3N2O3S. The molecule has 2 aromatic rings. The number of furan rings is 1. The molecule has 2 amide bonds. The number of hydrogen-bond acceptors (Lipinski definition) is 4. The van der Waals surface area contributed by atoms with E-state index in [2.05, 4.69) is 11.9 Å². The van der Waals surface area contributed by atoms with Crippen LogP contribution < -0.4 is 5.32 Å². The Labute approximate surface area is 183 Å². The van der Waals surface area contributed by atoms with Gasteiger partial charge in [-0.15, -0.1) is 6.58 Å². The van der Waals surface area contributed by atoms with E-state index in [0.717, 1.165) is 17.0 Å². The number of carbonyl (C=O) groups excluding carboxylic acids is 2. The molecule has 1 saturated heterocycles. The standard InChI is InChI=1S/C19H11Cl2F3N2O3S/c1-2-5-26-17(28)11(16(27)25-18(26)30)8-10-3-4-14(29-10)15-12(20)6-9(7-13(15)21)19(22,23)24/h2-4,6-8H,1,5H2,(H,25,27,30)/b11-8+. The maximum Gasteiger partial charge on any atom is 0.416 e. The number of nitrogens with zero attached hydrogens (tertiary/aromatic N) is 1. The van der Waals surface area contributed by atoms with Gasteiger partial charge in [0.2, 0.25) is 0 Å². The van der Waals surface area contributed by atoms with E-state index >= 15 is 0 Å². The number of amides is 2. The molecule has 156 valence electrons. The molecule has 1 aliphatic heterocycles. The Balaban J connectivity index is 1.97. The number of nitrogens with one attached hydrogen (secondary N) is 1. The topological polar surface area (TPSA) is 62.6 Å². The van der Waals surface area contributed by atoms with Crippen molar-refractivity contribution in [1.29, 1.82) is 0 Å². The van der Waals surface area contributed by atoms with E-state index in [1.165, 1.54) is 24.3 Å². The van der Waals surface area contributed by atoms with Gasteiger partial charge in [0.15, 0.2) is 5.11 Å². The summed E-state index contributed by atoms with van der Waals surface area (Å²) in [6.07, 6.45) is -1.99. The van der Waals surface area contributed by atoms with Crippen LogP contribution in [0.1, 0.15) is 11.3 Å². The molecule has 30 heavy (non-hydrogen) atoms. The van der Waals surface area contributed by atoms with Crippen LogP contribution in [0, 0.1) is 0 Å². The van der Waals surface area contributed by atoms with Crippen molar-refractivity contribution in [3.05, 3.63) is 63.9 Å². The van der Waals surface area contributed by atoms with Gasteiger partial charge in [0, 0.05) is 6.54 Å². The lowest BCUT2D eigenvalue weighted by atomic mass is 10.1. The van der Waals surface area contributed by atoms with Crippen LogP contribution in [-0.4, -0.2) is 28.4 Å². The number of carbonyl (C=O) groups is 2. The third-order valence-corrected chi connectivity index (χ3v) is 4.95. The number of benzene rings is 1. The van der Waals surface area contributed by atoms with Crippen LogP contribution in [0.3, 0.4) is 0 Å². The molecule has 2 heterocycles. The van der Waals surface area contributed by atoms with Crippen molar-refractivity contribution in [3.63, 3.8) is 0 Å². The summed E-state index contributed by atoms with van der Waals surface area (Å²) < 4.78 is 44.2. The Hall–Kier alpha value is -2.62. The highest BCUT2D eigenvalue weighted by atomic mass is 35.5. The lowest BCUT2D eigenvalue weighted by molar-refractivity contribution is -0.137. The van der Waals surface area contributed by atoms with Crippen LogP contribution in [0.2, 0.25) is 10.0 Å². The molecule has 0 radical (unpaired) electrons. The number of rotatable bonds is 4. The van der Waals surface area contributed by atoms with Gasteiger partial charge in [0.05, 0.1) is 21.2 Å². The molecule has 0 spiro atoms. The van der Waals surface area contributed by atoms with Gasteiger partial charge >= 0.3 is 6.18 Å². The first-order chi connectivity index (χ1) is 14.0. The normalized spacial score (nSPS) is 16.2. The smallest absolute Gasteiger partial charge is 0.416 e. The fourth-order valence-electron chi connectivity index (χ4n) is 2.67. The van der Waals surface area contributed by atoms with Crippen LogP contribution in [0.25, 0.3) is 17.4 Å². The van der Waals surface area contributed by atoms with Crippen molar-refractivity contribution in [2.24, 2.45) is 0 Å². The zero-order valence-electron chi connectivity index (χ0n) is 14.8. The van der Waals surface area contributed by atoms with E-state index in [1.54, 1.807) is 0 Å². The molecule has 1 aromatic heterocycles. The van der Waals surface area contributed by atoms with Gasteiger partial charge in [-0.2, -0.15) is 13.2 Å². The summed E-state index contributed by atoms with van der Waals surface area (Å²) in [4.78, 5) is 25.8. The average Bonchev–Trinajstić information content (AvgIpc) is 3.09. The first kappa shape index (κ1) is 22.1. The highest BCUT2D eigenvalue weighted by molar-refractivity contribution is 7.80. The van der Waals surface area contributed by atoms with Crippen LogP contribution in [0.15, 0.2) is 46.9 Å². The molecule has 1 aliphatic rings. The first-order valence-electron chi connectivity index (χ1n) is 8.19. The summed E-state index contributed by atoms with van der Waals surface area (Å²) in [5.74, 6) is -1.21. The zero-order valence-corrected chi connectivity index (χ0v) is 17.2. The van der Waals surface area contributed by atoms with Gasteiger partial charge in [-0.25, -0.2) is 0 Å². The lowest BCUT2D eigenvalue weighted by Gasteiger charge is -2.27. The molecule has 0 atom stereocenters. The monoisotopic (exact) mass is 474 g/mol. The molecule has 1 fully saturated rings. The van der Waals surface area contributed by atoms with Crippen molar-refractivity contribution >= 4 is 58.4 Å². The summed E-state index contributed by atoms with van der Waals surface area (Å²) in [5.41, 5.74) is -1.20. The van der Waals surface area contributed by atoms with E-state index in [4.69, 9.17) is 39.8 Å². The maximum atomic E-state index is 12.9. The van der Waals surface area contributed by atoms with Gasteiger partial charge in [-0.05, 0) is 42.6 Å². The van der Waals surface area contributed by atoms with Crippen molar-refractivity contribution in [3.8, 4) is 11.3 Å². The number of halogens is 5. The molecule has 0 saturated carbocycles. The van der Waals surface area contributed by atoms with E-state index in [9.17, 15) is 22.8 Å². The Kier molecular flexibility index (Phi) is 6.07. The predicted molar refractivity (Wildman–Crippen MR) is 110 cm³/mol. The van der Waals surface area contributed by atoms with Crippen molar-refractivity contribution in [2.45, 2.75) is 6.18 Å². The molecule has 1 aromatic carbocycles. The summed E-state index contributed by atoms with van der Waals surface area (Å²) in [6, 6.07) is 4.29. The van der Waals surface area contributed by atoms with Crippen molar-refractivity contribution in [1.82, 2.24) is 10.2 Å². The summed E-state index contributed by atoms with van der Waals surface area (Å²) in [5, 5.41) is 1.80. The van der Waals surface area contributed by atoms with E-state index in [-0.39, 0.29) is 44.4 Å². The third kappa shape index (κ3) is 4.28. The van der Waals surface area contributed by atoms with E-state index in [0.29, 0.717) is 0 Å². The largest absolute Gasteiger partial charge is 0.457 e. The van der Waals surface area contributed by atoms with Gasteiger partial charge in [-0.3, -0.25) is 19.8 Å². The molecule has 5 nitrogen and oxygen atoms in total. The number of hydrogen-bond donors (Lipinski definition) is 1. The average molecular weight is 475 g/mol. The van der Waals surface area contributed by atoms with Gasteiger partial charge in [0.1, 0.15) is 17.1 Å². The van der Waals surface area contributed by atoms with Crippen molar-refractivity contribution < 1.29 is 27.2 Å². The van der Waals surface area contributed by atoms with Gasteiger partial charge in [0.25, 0.3) is 11.8 Å². The highest BCUT2D eigenvalue weighted by Gasteiger charge is 2.34. The molecule has 3 rings (SSSR count). The zero-order chi connectivity index (χ0) is 22.2. The van der Waals surface area contributed by atoms with E-state index in [1.807, 2.05) is 0 Å². The quantitative estimate of drug-likeness (QED) is 0.290. The van der Waals surface area contributed by atoms with Gasteiger partial charge in [-0.1, -0.05) is 29.3 Å². The van der Waals surface area contributed by atoms with Crippen LogP contribution in [-0.2, 0) is 15.8 Å². The minimum absolute atomic E-state index is 0.0462. The minimum Gasteiger partial charge on any atom is -0.457 e. The highest BCUT2D eigenvalue weighted by Crippen LogP contribution is 2.41. The summed E-state index contributed by atoms with van der Waals surface area (Å²) in [7, 11) is 0. The first-order valence-corrected chi connectivity index (χ1v) is 9.35. The second kappa shape index (κ2) is 8.25. The Morgan fingerprint density at radius 2 is 1.83 bits per heavy atom. The lowest BCUT2D eigenvalue weighted by Crippen LogP contribution is -2.53. The Bertz CT molecular complexity index is 1090. The third-order valence-electron chi connectivity index (χ3n) is 4.03. The SMILES string of the molecule is C=CCN1C(=O)/C(=C/c2ccc(-c3c(Cl)cc(C(F)(F)F)cc3Cl)o2)C(=O)NC1=S. The molecule has 1 N–H and O–H groups in total. The van der Waals surface area contributed by atoms with Crippen LogP contribution in [0.5, 0.6) is 0 Å². The fourth-order valence-corrected chi connectivity index (χ4v) is 3.59. The van der Waals surface area contributed by atoms with Gasteiger partial charge < -0.3 is 4.42 Å². The minimum atomic E-state index is -4.61. The van der Waals surface area contributed by atoms with E-state index < -0.39 is 23.6 Å².